The normalized spacial score (nSPS) is 11.3. The van der Waals surface area contributed by atoms with Crippen LogP contribution in [0.5, 0.6) is 0 Å². The van der Waals surface area contributed by atoms with E-state index < -0.39 is 10.0 Å². The van der Waals surface area contributed by atoms with Crippen LogP contribution in [-0.2, 0) is 10.0 Å². The molecule has 0 heterocycles. The Morgan fingerprint density at radius 3 is 2.40 bits per heavy atom. The van der Waals surface area contributed by atoms with Gasteiger partial charge in [0.05, 0.1) is 10.6 Å². The lowest BCUT2D eigenvalue weighted by Gasteiger charge is -2.13. The highest BCUT2D eigenvalue weighted by atomic mass is 35.5. The predicted octanol–water partition coefficient (Wildman–Crippen LogP) is 3.34. The van der Waals surface area contributed by atoms with Gasteiger partial charge in [0.15, 0.2) is 0 Å². The molecule has 106 valence electrons. The van der Waals surface area contributed by atoms with Gasteiger partial charge >= 0.3 is 0 Å². The highest BCUT2D eigenvalue weighted by Crippen LogP contribution is 2.27. The number of sulfonamides is 1. The molecule has 0 aliphatic rings. The number of nitrogens with two attached hydrogens (primary N) is 1. The van der Waals surface area contributed by atoms with Gasteiger partial charge in [0, 0.05) is 10.7 Å². The molecule has 0 amide bonds. The van der Waals surface area contributed by atoms with E-state index in [0.29, 0.717) is 27.5 Å². The maximum Gasteiger partial charge on any atom is 0.262 e. The van der Waals surface area contributed by atoms with Crippen LogP contribution in [0.4, 0.5) is 11.4 Å². The monoisotopic (exact) mass is 310 g/mol. The van der Waals surface area contributed by atoms with Crippen molar-refractivity contribution in [3.8, 4) is 0 Å². The molecule has 3 N–H and O–H groups in total. The summed E-state index contributed by atoms with van der Waals surface area (Å²) in [5.74, 6) is 0. The number of hydrogen-bond acceptors (Lipinski definition) is 3. The lowest BCUT2D eigenvalue weighted by Crippen LogP contribution is -2.15. The second kappa shape index (κ2) is 5.34. The third kappa shape index (κ3) is 2.73. The van der Waals surface area contributed by atoms with E-state index >= 15 is 0 Å². The number of rotatable bonds is 3. The Labute approximate surface area is 123 Å². The van der Waals surface area contributed by atoms with Crippen LogP contribution in [0.15, 0.2) is 41.3 Å². The van der Waals surface area contributed by atoms with Crippen molar-refractivity contribution in [1.29, 1.82) is 0 Å². The van der Waals surface area contributed by atoms with E-state index in [0.717, 1.165) is 0 Å². The summed E-state index contributed by atoms with van der Waals surface area (Å²) >= 11 is 5.99. The summed E-state index contributed by atoms with van der Waals surface area (Å²) in [7, 11) is -3.69. The molecule has 0 aliphatic heterocycles. The molecule has 0 saturated carbocycles. The third-order valence-corrected chi connectivity index (χ3v) is 5.05. The molecule has 20 heavy (non-hydrogen) atoms. The molecule has 0 saturated heterocycles. The van der Waals surface area contributed by atoms with Crippen LogP contribution in [0.1, 0.15) is 11.1 Å². The maximum absolute atomic E-state index is 12.4. The quantitative estimate of drug-likeness (QED) is 0.854. The summed E-state index contributed by atoms with van der Waals surface area (Å²) in [6, 6.07) is 9.87. The highest BCUT2D eigenvalue weighted by molar-refractivity contribution is 7.92. The van der Waals surface area contributed by atoms with Gasteiger partial charge in [-0.05, 0) is 49.2 Å². The highest BCUT2D eigenvalue weighted by Gasteiger charge is 2.19. The smallest absolute Gasteiger partial charge is 0.262 e. The Hall–Kier alpha value is -1.72. The van der Waals surface area contributed by atoms with Crippen molar-refractivity contribution in [2.45, 2.75) is 18.7 Å². The fraction of sp³-hybridized carbons (Fsp3) is 0.143. The SMILES string of the molecule is Cc1c(Cl)cccc1NS(=O)(=O)c1cccc(N)c1C. The van der Waals surface area contributed by atoms with E-state index in [4.69, 9.17) is 17.3 Å². The number of nitrogen functional groups attached to an aromatic ring is 1. The number of anilines is 2. The van der Waals surface area contributed by atoms with Gasteiger partial charge in [-0.15, -0.1) is 0 Å². The zero-order valence-electron chi connectivity index (χ0n) is 11.1. The molecule has 2 rings (SSSR count). The minimum absolute atomic E-state index is 0.164. The Balaban J connectivity index is 2.47. The number of hydrogen-bond donors (Lipinski definition) is 2. The summed E-state index contributed by atoms with van der Waals surface area (Å²) in [4.78, 5) is 0.164. The number of halogens is 1. The lowest BCUT2D eigenvalue weighted by molar-refractivity contribution is 0.600. The zero-order valence-corrected chi connectivity index (χ0v) is 12.7. The fourth-order valence-electron chi connectivity index (χ4n) is 1.84. The standard InChI is InChI=1S/C14H15ClN2O2S/c1-9-11(15)5-3-7-13(9)17-20(18,19)14-8-4-6-12(16)10(14)2/h3-8,17H,16H2,1-2H3. The van der Waals surface area contributed by atoms with Crippen molar-refractivity contribution in [2.24, 2.45) is 0 Å². The van der Waals surface area contributed by atoms with Crippen molar-refractivity contribution < 1.29 is 8.42 Å². The average Bonchev–Trinajstić information content (AvgIpc) is 2.38. The van der Waals surface area contributed by atoms with Gasteiger partial charge in [-0.25, -0.2) is 8.42 Å². The van der Waals surface area contributed by atoms with Gasteiger partial charge in [0.2, 0.25) is 0 Å². The molecule has 2 aromatic carbocycles. The van der Waals surface area contributed by atoms with Gasteiger partial charge < -0.3 is 5.73 Å². The van der Waals surface area contributed by atoms with Gasteiger partial charge in [0.25, 0.3) is 10.0 Å². The Bertz CT molecular complexity index is 758. The maximum atomic E-state index is 12.4. The van der Waals surface area contributed by atoms with Crippen molar-refractivity contribution in [1.82, 2.24) is 0 Å². The zero-order chi connectivity index (χ0) is 14.9. The van der Waals surface area contributed by atoms with Gasteiger partial charge in [-0.3, -0.25) is 4.72 Å². The van der Waals surface area contributed by atoms with Crippen molar-refractivity contribution in [3.63, 3.8) is 0 Å². The summed E-state index contributed by atoms with van der Waals surface area (Å²) in [6.45, 7) is 3.43. The molecule has 6 heteroatoms. The van der Waals surface area contributed by atoms with E-state index in [1.54, 1.807) is 44.2 Å². The first-order chi connectivity index (χ1) is 9.33. The lowest BCUT2D eigenvalue weighted by atomic mass is 10.2. The first-order valence-corrected chi connectivity index (χ1v) is 7.82. The molecule has 4 nitrogen and oxygen atoms in total. The molecule has 0 fully saturated rings. The van der Waals surface area contributed by atoms with Crippen molar-refractivity contribution in [3.05, 3.63) is 52.5 Å². The molecule has 0 unspecified atom stereocenters. The van der Waals surface area contributed by atoms with Gasteiger partial charge in [-0.1, -0.05) is 23.7 Å². The predicted molar refractivity (Wildman–Crippen MR) is 82.6 cm³/mol. The van der Waals surface area contributed by atoms with Crippen LogP contribution in [-0.4, -0.2) is 8.42 Å². The van der Waals surface area contributed by atoms with Gasteiger partial charge in [-0.2, -0.15) is 0 Å². The Morgan fingerprint density at radius 2 is 1.70 bits per heavy atom. The van der Waals surface area contributed by atoms with Crippen LogP contribution in [0.3, 0.4) is 0 Å². The van der Waals surface area contributed by atoms with Crippen molar-refractivity contribution in [2.75, 3.05) is 10.5 Å². The summed E-state index contributed by atoms with van der Waals surface area (Å²) in [5, 5.41) is 0.509. The number of benzene rings is 2. The first kappa shape index (κ1) is 14.7. The molecule has 2 aromatic rings. The number of nitrogens with one attached hydrogen (secondary N) is 1. The topological polar surface area (TPSA) is 72.2 Å². The van der Waals surface area contributed by atoms with Crippen LogP contribution >= 0.6 is 11.6 Å². The van der Waals surface area contributed by atoms with E-state index in [-0.39, 0.29) is 4.90 Å². The molecule has 0 bridgehead atoms. The largest absolute Gasteiger partial charge is 0.398 e. The van der Waals surface area contributed by atoms with Gasteiger partial charge in [0.1, 0.15) is 0 Å². The molecular formula is C14H15ClN2O2S. The van der Waals surface area contributed by atoms with E-state index in [2.05, 4.69) is 4.72 Å². The van der Waals surface area contributed by atoms with Crippen LogP contribution in [0.2, 0.25) is 5.02 Å². The average molecular weight is 311 g/mol. The summed E-state index contributed by atoms with van der Waals surface area (Å²) in [6.07, 6.45) is 0. The Morgan fingerprint density at radius 1 is 1.05 bits per heavy atom. The minimum Gasteiger partial charge on any atom is -0.398 e. The van der Waals surface area contributed by atoms with E-state index in [1.807, 2.05) is 0 Å². The van der Waals surface area contributed by atoms with Crippen LogP contribution in [0, 0.1) is 13.8 Å². The second-order valence-electron chi connectivity index (χ2n) is 4.49. The fourth-order valence-corrected chi connectivity index (χ4v) is 3.41. The molecule has 0 radical (unpaired) electrons. The minimum atomic E-state index is -3.69. The van der Waals surface area contributed by atoms with Crippen LogP contribution < -0.4 is 10.5 Å². The second-order valence-corrected chi connectivity index (χ2v) is 6.55. The van der Waals surface area contributed by atoms with Crippen LogP contribution in [0.25, 0.3) is 0 Å². The summed E-state index contributed by atoms with van der Waals surface area (Å²) in [5.41, 5.74) is 7.86. The third-order valence-electron chi connectivity index (χ3n) is 3.13. The van der Waals surface area contributed by atoms with Crippen molar-refractivity contribution >= 4 is 33.0 Å². The first-order valence-electron chi connectivity index (χ1n) is 5.96. The van der Waals surface area contributed by atoms with E-state index in [1.165, 1.54) is 6.07 Å². The molecule has 0 aromatic heterocycles. The molecule has 0 atom stereocenters. The molecular weight excluding hydrogens is 296 g/mol. The summed E-state index contributed by atoms with van der Waals surface area (Å²) < 4.78 is 27.4. The Kier molecular flexibility index (Phi) is 3.92. The molecule has 0 spiro atoms. The molecule has 0 aliphatic carbocycles. The van der Waals surface area contributed by atoms with E-state index in [9.17, 15) is 8.42 Å².